The highest BCUT2D eigenvalue weighted by Gasteiger charge is 2.19. The third-order valence-electron chi connectivity index (χ3n) is 6.35. The average molecular weight is 519 g/mol. The number of carbonyl (C=O) groups excluding carboxylic acids is 1. The molecule has 0 aliphatic rings. The van der Waals surface area contributed by atoms with Crippen molar-refractivity contribution in [3.63, 3.8) is 0 Å². The number of unbranched alkanes of at least 4 members (excludes halogenated alkanes) is 3. The first kappa shape index (κ1) is 28.3. The Bertz CT molecular complexity index is 1140. The Morgan fingerprint density at radius 1 is 0.892 bits per heavy atom. The predicted octanol–water partition coefficient (Wildman–Crippen LogP) is 7.76. The molecule has 3 aromatic carbocycles. The Morgan fingerprint density at radius 3 is 2.32 bits per heavy atom. The molecule has 1 unspecified atom stereocenters. The van der Waals surface area contributed by atoms with E-state index in [1.54, 1.807) is 11.8 Å². The van der Waals surface area contributed by atoms with Gasteiger partial charge in [0, 0.05) is 28.6 Å². The minimum Gasteiger partial charge on any atom is -0.481 e. The molecule has 0 aliphatic carbocycles. The van der Waals surface area contributed by atoms with Crippen LogP contribution < -0.4 is 10.2 Å². The summed E-state index contributed by atoms with van der Waals surface area (Å²) in [5.74, 6) is -1.32. The van der Waals surface area contributed by atoms with Crippen molar-refractivity contribution in [2.45, 2.75) is 68.1 Å². The second-order valence-corrected chi connectivity index (χ2v) is 10.3. The number of hydrogen-bond donors (Lipinski definition) is 2. The van der Waals surface area contributed by atoms with Gasteiger partial charge in [-0.2, -0.15) is 0 Å². The molecule has 3 rings (SSSR count). The number of nitrogens with zero attached hydrogens (tertiary/aromatic N) is 1. The van der Waals surface area contributed by atoms with E-state index in [2.05, 4.69) is 24.4 Å². The number of anilines is 1. The lowest BCUT2D eigenvalue weighted by atomic mass is 9.97. The molecule has 0 aromatic heterocycles. The molecule has 0 saturated heterocycles. The molecule has 0 bridgehead atoms. The van der Waals surface area contributed by atoms with Crippen LogP contribution in [-0.2, 0) is 11.2 Å². The Hall–Kier alpha value is -3.25. The standard InChI is InChI=1S/C31H38N2O3S/c1-3-5-6-10-20-32-31(36)33(21-19-24-13-8-7-9-14-24)26-16-12-18-28(23-26)37-27-17-11-15-25(22-27)29(4-2)30(34)35/h7-9,11-18,22-23,29H,3-6,10,19-21H2,1-2H3,(H,32,36)(H,34,35). The first-order valence-corrected chi connectivity index (χ1v) is 14.0. The Labute approximate surface area is 225 Å². The van der Waals surface area contributed by atoms with Gasteiger partial charge in [-0.3, -0.25) is 9.69 Å². The second kappa shape index (κ2) is 15.1. The molecule has 37 heavy (non-hydrogen) atoms. The van der Waals surface area contributed by atoms with Crippen LogP contribution in [0.4, 0.5) is 10.5 Å². The summed E-state index contributed by atoms with van der Waals surface area (Å²) in [6.07, 6.45) is 5.75. The SMILES string of the molecule is CCCCCCNC(=O)N(CCc1ccccc1)c1cccc(Sc2cccc(C(CC)C(=O)O)c2)c1. The molecule has 0 saturated carbocycles. The maximum atomic E-state index is 13.2. The zero-order valence-electron chi connectivity index (χ0n) is 21.9. The first-order chi connectivity index (χ1) is 18.0. The molecule has 0 aliphatic heterocycles. The molecule has 196 valence electrons. The lowest BCUT2D eigenvalue weighted by Gasteiger charge is -2.24. The van der Waals surface area contributed by atoms with Gasteiger partial charge in [-0.15, -0.1) is 0 Å². The minimum atomic E-state index is -0.804. The zero-order valence-corrected chi connectivity index (χ0v) is 22.7. The number of amides is 2. The van der Waals surface area contributed by atoms with Crippen LogP contribution >= 0.6 is 11.8 Å². The highest BCUT2D eigenvalue weighted by molar-refractivity contribution is 7.99. The van der Waals surface area contributed by atoms with E-state index < -0.39 is 11.9 Å². The Balaban J connectivity index is 1.77. The van der Waals surface area contributed by atoms with Crippen LogP contribution in [0.5, 0.6) is 0 Å². The molecule has 1 atom stereocenters. The van der Waals surface area contributed by atoms with Crippen molar-refractivity contribution >= 4 is 29.4 Å². The molecule has 3 aromatic rings. The Kier molecular flexibility index (Phi) is 11.6. The van der Waals surface area contributed by atoms with Crippen LogP contribution in [-0.4, -0.2) is 30.2 Å². The second-order valence-electron chi connectivity index (χ2n) is 9.15. The van der Waals surface area contributed by atoms with Crippen LogP contribution in [0.2, 0.25) is 0 Å². The van der Waals surface area contributed by atoms with Gasteiger partial charge < -0.3 is 10.4 Å². The van der Waals surface area contributed by atoms with E-state index in [0.717, 1.165) is 40.3 Å². The van der Waals surface area contributed by atoms with Crippen molar-refractivity contribution in [2.75, 3.05) is 18.0 Å². The van der Waals surface area contributed by atoms with Crippen LogP contribution in [0.3, 0.4) is 0 Å². The number of nitrogens with one attached hydrogen (secondary N) is 1. The van der Waals surface area contributed by atoms with Crippen molar-refractivity contribution in [3.8, 4) is 0 Å². The Morgan fingerprint density at radius 2 is 1.62 bits per heavy atom. The van der Waals surface area contributed by atoms with Gasteiger partial charge in [-0.25, -0.2) is 4.79 Å². The lowest BCUT2D eigenvalue weighted by molar-refractivity contribution is -0.138. The molecule has 0 fully saturated rings. The monoisotopic (exact) mass is 518 g/mol. The van der Waals surface area contributed by atoms with Crippen LogP contribution in [0.15, 0.2) is 88.7 Å². The fourth-order valence-corrected chi connectivity index (χ4v) is 5.21. The van der Waals surface area contributed by atoms with E-state index in [1.165, 1.54) is 18.4 Å². The van der Waals surface area contributed by atoms with Crippen molar-refractivity contribution < 1.29 is 14.7 Å². The first-order valence-electron chi connectivity index (χ1n) is 13.2. The van der Waals surface area contributed by atoms with Crippen molar-refractivity contribution in [1.82, 2.24) is 5.32 Å². The predicted molar refractivity (Wildman–Crippen MR) is 153 cm³/mol. The van der Waals surface area contributed by atoms with Gasteiger partial charge in [0.15, 0.2) is 0 Å². The van der Waals surface area contributed by atoms with Crippen molar-refractivity contribution in [1.29, 1.82) is 0 Å². The van der Waals surface area contributed by atoms with Gasteiger partial charge in [0.25, 0.3) is 0 Å². The molecule has 6 heteroatoms. The number of aliphatic carboxylic acids is 1. The summed E-state index contributed by atoms with van der Waals surface area (Å²) in [4.78, 5) is 28.7. The van der Waals surface area contributed by atoms with E-state index in [0.29, 0.717) is 19.5 Å². The minimum absolute atomic E-state index is 0.0798. The maximum absolute atomic E-state index is 13.2. The lowest BCUT2D eigenvalue weighted by Crippen LogP contribution is -2.41. The molecule has 5 nitrogen and oxygen atoms in total. The highest BCUT2D eigenvalue weighted by Crippen LogP contribution is 2.33. The molecule has 0 spiro atoms. The highest BCUT2D eigenvalue weighted by atomic mass is 32.2. The molecular formula is C31H38N2O3S. The van der Waals surface area contributed by atoms with E-state index in [9.17, 15) is 14.7 Å². The topological polar surface area (TPSA) is 69.6 Å². The average Bonchev–Trinajstić information content (AvgIpc) is 2.90. The number of hydrogen-bond acceptors (Lipinski definition) is 3. The van der Waals surface area contributed by atoms with Crippen LogP contribution in [0.1, 0.15) is 63.0 Å². The van der Waals surface area contributed by atoms with Gasteiger partial charge >= 0.3 is 12.0 Å². The molecule has 0 radical (unpaired) electrons. The summed E-state index contributed by atoms with van der Waals surface area (Å²) in [6.45, 7) is 5.32. The summed E-state index contributed by atoms with van der Waals surface area (Å²) in [6, 6.07) is 25.9. The van der Waals surface area contributed by atoms with Crippen molar-refractivity contribution in [2.24, 2.45) is 0 Å². The van der Waals surface area contributed by atoms with Gasteiger partial charge in [0.2, 0.25) is 0 Å². The summed E-state index contributed by atoms with van der Waals surface area (Å²) < 4.78 is 0. The number of rotatable bonds is 14. The van der Waals surface area contributed by atoms with Gasteiger partial charge in [-0.1, -0.05) is 93.4 Å². The van der Waals surface area contributed by atoms with Crippen LogP contribution in [0, 0.1) is 0 Å². The number of urea groups is 1. The largest absolute Gasteiger partial charge is 0.481 e. The normalized spacial score (nSPS) is 11.6. The molecular weight excluding hydrogens is 480 g/mol. The number of benzene rings is 3. The molecule has 0 heterocycles. The fraction of sp³-hybridized carbons (Fsp3) is 0.355. The van der Waals surface area contributed by atoms with Gasteiger partial charge in [0.05, 0.1) is 5.92 Å². The van der Waals surface area contributed by atoms with Crippen molar-refractivity contribution in [3.05, 3.63) is 90.0 Å². The van der Waals surface area contributed by atoms with E-state index in [4.69, 9.17) is 0 Å². The summed E-state index contributed by atoms with van der Waals surface area (Å²) >= 11 is 1.57. The van der Waals surface area contributed by atoms with Gasteiger partial charge in [-0.05, 0) is 60.7 Å². The van der Waals surface area contributed by atoms with E-state index in [1.807, 2.05) is 78.6 Å². The van der Waals surface area contributed by atoms with E-state index >= 15 is 0 Å². The smallest absolute Gasteiger partial charge is 0.321 e. The molecule has 2 N–H and O–H groups in total. The maximum Gasteiger partial charge on any atom is 0.321 e. The number of carbonyl (C=O) groups is 2. The van der Waals surface area contributed by atoms with E-state index in [-0.39, 0.29) is 6.03 Å². The summed E-state index contributed by atoms with van der Waals surface area (Å²) in [7, 11) is 0. The third-order valence-corrected chi connectivity index (χ3v) is 7.33. The quantitative estimate of drug-likeness (QED) is 0.214. The summed E-state index contributed by atoms with van der Waals surface area (Å²) in [5.41, 5.74) is 2.85. The third kappa shape index (κ3) is 8.97. The number of carboxylic acid groups (broad SMARTS) is 1. The molecule has 2 amide bonds. The zero-order chi connectivity index (χ0) is 26.5. The number of carboxylic acids is 1. The van der Waals surface area contributed by atoms with Gasteiger partial charge in [0.1, 0.15) is 0 Å². The fourth-order valence-electron chi connectivity index (χ4n) is 4.27. The summed E-state index contributed by atoms with van der Waals surface area (Å²) in [5, 5.41) is 12.7. The van der Waals surface area contributed by atoms with Crippen LogP contribution in [0.25, 0.3) is 0 Å².